The fourth-order valence-corrected chi connectivity index (χ4v) is 1.41. The standard InChI is InChI=1S/C9H6N4/c1-2-10-4-8-7(1)3-12-9-5-11-6-13(8)9/h1-6H. The van der Waals surface area contributed by atoms with Crippen LogP contribution >= 0.6 is 0 Å². The molecule has 13 heavy (non-hydrogen) atoms. The third kappa shape index (κ3) is 0.823. The van der Waals surface area contributed by atoms with E-state index in [4.69, 9.17) is 0 Å². The number of pyridine rings is 1. The first-order valence-electron chi connectivity index (χ1n) is 3.96. The van der Waals surface area contributed by atoms with Gasteiger partial charge >= 0.3 is 0 Å². The molecule has 0 bridgehead atoms. The van der Waals surface area contributed by atoms with Crippen molar-refractivity contribution in [3.8, 4) is 0 Å². The van der Waals surface area contributed by atoms with Crippen LogP contribution in [-0.4, -0.2) is 19.4 Å². The average molecular weight is 170 g/mol. The van der Waals surface area contributed by atoms with Crippen LogP contribution in [-0.2, 0) is 0 Å². The zero-order chi connectivity index (χ0) is 8.67. The molecule has 3 aromatic heterocycles. The van der Waals surface area contributed by atoms with Crippen molar-refractivity contribution < 1.29 is 0 Å². The zero-order valence-corrected chi connectivity index (χ0v) is 6.75. The van der Waals surface area contributed by atoms with Gasteiger partial charge in [0, 0.05) is 17.8 Å². The number of fused-ring (bicyclic) bond motifs is 3. The highest BCUT2D eigenvalue weighted by Crippen LogP contribution is 2.11. The molecule has 4 nitrogen and oxygen atoms in total. The van der Waals surface area contributed by atoms with E-state index in [2.05, 4.69) is 15.0 Å². The fourth-order valence-electron chi connectivity index (χ4n) is 1.41. The van der Waals surface area contributed by atoms with Gasteiger partial charge in [0.25, 0.3) is 0 Å². The first kappa shape index (κ1) is 6.54. The molecule has 62 valence electrons. The molecule has 0 spiro atoms. The summed E-state index contributed by atoms with van der Waals surface area (Å²) in [5.41, 5.74) is 1.88. The minimum Gasteiger partial charge on any atom is -0.282 e. The highest BCUT2D eigenvalue weighted by molar-refractivity contribution is 5.79. The molecule has 0 aromatic carbocycles. The van der Waals surface area contributed by atoms with Gasteiger partial charge < -0.3 is 0 Å². The van der Waals surface area contributed by atoms with Crippen molar-refractivity contribution in [2.75, 3.05) is 0 Å². The normalized spacial score (nSPS) is 11.1. The lowest BCUT2D eigenvalue weighted by molar-refractivity contribution is 1.15. The average Bonchev–Trinajstić information content (AvgIpc) is 2.65. The maximum Gasteiger partial charge on any atom is 0.156 e. The van der Waals surface area contributed by atoms with Crippen molar-refractivity contribution in [1.82, 2.24) is 19.4 Å². The SMILES string of the molecule is c1cc2cnc3cncn3c2cn1. The van der Waals surface area contributed by atoms with Crippen LogP contribution < -0.4 is 0 Å². The summed E-state index contributed by atoms with van der Waals surface area (Å²) in [5.74, 6) is 0. The molecule has 3 heterocycles. The van der Waals surface area contributed by atoms with Crippen molar-refractivity contribution in [2.45, 2.75) is 0 Å². The molecule has 3 rings (SSSR count). The molecule has 0 atom stereocenters. The highest BCUT2D eigenvalue weighted by Gasteiger charge is 1.99. The van der Waals surface area contributed by atoms with Gasteiger partial charge in [-0.3, -0.25) is 9.38 Å². The van der Waals surface area contributed by atoms with E-state index >= 15 is 0 Å². The second-order valence-corrected chi connectivity index (χ2v) is 2.81. The Kier molecular flexibility index (Phi) is 1.14. The van der Waals surface area contributed by atoms with Crippen molar-refractivity contribution in [2.24, 2.45) is 0 Å². The molecule has 0 aliphatic rings. The van der Waals surface area contributed by atoms with Crippen molar-refractivity contribution in [1.29, 1.82) is 0 Å². The number of hydrogen-bond acceptors (Lipinski definition) is 3. The summed E-state index contributed by atoms with van der Waals surface area (Å²) in [6, 6.07) is 1.93. The van der Waals surface area contributed by atoms with Crippen LogP contribution in [0.25, 0.3) is 16.6 Å². The Bertz CT molecular complexity index is 570. The zero-order valence-electron chi connectivity index (χ0n) is 6.75. The topological polar surface area (TPSA) is 43.1 Å². The Hall–Kier alpha value is -1.97. The summed E-state index contributed by atoms with van der Waals surface area (Å²) in [4.78, 5) is 12.3. The largest absolute Gasteiger partial charge is 0.282 e. The quantitative estimate of drug-likeness (QED) is 0.510. The number of nitrogens with zero attached hydrogens (tertiary/aromatic N) is 4. The van der Waals surface area contributed by atoms with Gasteiger partial charge in [-0.05, 0) is 6.07 Å². The Morgan fingerprint density at radius 2 is 2.08 bits per heavy atom. The predicted octanol–water partition coefficient (Wildman–Crippen LogP) is 1.28. The monoisotopic (exact) mass is 170 g/mol. The Balaban J connectivity index is 2.65. The lowest BCUT2D eigenvalue weighted by Gasteiger charge is -1.98. The molecule has 0 saturated heterocycles. The third-order valence-corrected chi connectivity index (χ3v) is 2.05. The highest BCUT2D eigenvalue weighted by atomic mass is 15.0. The molecular weight excluding hydrogens is 164 g/mol. The van der Waals surface area contributed by atoms with E-state index < -0.39 is 0 Å². The van der Waals surface area contributed by atoms with Gasteiger partial charge in [0.05, 0.1) is 17.9 Å². The van der Waals surface area contributed by atoms with E-state index in [1.807, 2.05) is 22.9 Å². The van der Waals surface area contributed by atoms with Gasteiger partial charge in [-0.25, -0.2) is 9.97 Å². The molecule has 0 radical (unpaired) electrons. The van der Waals surface area contributed by atoms with E-state index in [1.165, 1.54) is 0 Å². The van der Waals surface area contributed by atoms with Gasteiger partial charge in [-0.15, -0.1) is 0 Å². The lowest BCUT2D eigenvalue weighted by Crippen LogP contribution is -1.89. The van der Waals surface area contributed by atoms with E-state index in [1.54, 1.807) is 18.7 Å². The van der Waals surface area contributed by atoms with Gasteiger partial charge in [0.2, 0.25) is 0 Å². The van der Waals surface area contributed by atoms with Gasteiger partial charge in [0.15, 0.2) is 5.65 Å². The molecule has 0 amide bonds. The van der Waals surface area contributed by atoms with Crippen LogP contribution in [0.2, 0.25) is 0 Å². The first-order chi connectivity index (χ1) is 6.45. The van der Waals surface area contributed by atoms with E-state index in [0.29, 0.717) is 0 Å². The molecular formula is C9H6N4. The first-order valence-corrected chi connectivity index (χ1v) is 3.96. The minimum absolute atomic E-state index is 0.848. The second-order valence-electron chi connectivity index (χ2n) is 2.81. The molecule has 0 saturated carbocycles. The summed E-state index contributed by atoms with van der Waals surface area (Å²) >= 11 is 0. The predicted molar refractivity (Wildman–Crippen MR) is 48.3 cm³/mol. The van der Waals surface area contributed by atoms with Crippen molar-refractivity contribution in [3.63, 3.8) is 0 Å². The lowest BCUT2D eigenvalue weighted by atomic mass is 10.3. The molecule has 0 aliphatic carbocycles. The number of rotatable bonds is 0. The van der Waals surface area contributed by atoms with Gasteiger partial charge in [0.1, 0.15) is 6.33 Å². The van der Waals surface area contributed by atoms with Crippen LogP contribution in [0.5, 0.6) is 0 Å². The van der Waals surface area contributed by atoms with Crippen molar-refractivity contribution in [3.05, 3.63) is 37.2 Å². The Morgan fingerprint density at radius 3 is 3.08 bits per heavy atom. The fraction of sp³-hybridized carbons (Fsp3) is 0. The van der Waals surface area contributed by atoms with Gasteiger partial charge in [-0.2, -0.15) is 0 Å². The summed E-state index contributed by atoms with van der Waals surface area (Å²) in [5, 5.41) is 1.07. The Morgan fingerprint density at radius 1 is 1.08 bits per heavy atom. The maximum atomic E-state index is 4.24. The Labute approximate surface area is 73.9 Å². The summed E-state index contributed by atoms with van der Waals surface area (Å²) in [6.45, 7) is 0. The number of hydrogen-bond donors (Lipinski definition) is 0. The number of imidazole rings is 1. The molecule has 0 fully saturated rings. The van der Waals surface area contributed by atoms with E-state index in [-0.39, 0.29) is 0 Å². The van der Waals surface area contributed by atoms with Crippen molar-refractivity contribution >= 4 is 16.6 Å². The number of aromatic nitrogens is 4. The molecule has 0 aliphatic heterocycles. The maximum absolute atomic E-state index is 4.24. The van der Waals surface area contributed by atoms with Crippen LogP contribution in [0.15, 0.2) is 37.2 Å². The van der Waals surface area contributed by atoms with E-state index in [0.717, 1.165) is 16.6 Å². The van der Waals surface area contributed by atoms with Crippen LogP contribution in [0.4, 0.5) is 0 Å². The van der Waals surface area contributed by atoms with Crippen LogP contribution in [0.1, 0.15) is 0 Å². The summed E-state index contributed by atoms with van der Waals surface area (Å²) in [6.07, 6.45) is 8.87. The van der Waals surface area contributed by atoms with Crippen LogP contribution in [0, 0.1) is 0 Å². The summed E-state index contributed by atoms with van der Waals surface area (Å²) in [7, 11) is 0. The molecule has 0 unspecified atom stereocenters. The minimum atomic E-state index is 0.848. The van der Waals surface area contributed by atoms with Gasteiger partial charge in [-0.1, -0.05) is 0 Å². The van der Waals surface area contributed by atoms with E-state index in [9.17, 15) is 0 Å². The smallest absolute Gasteiger partial charge is 0.156 e. The summed E-state index contributed by atoms with van der Waals surface area (Å²) < 4.78 is 1.92. The molecule has 3 aromatic rings. The molecule has 0 N–H and O–H groups in total. The second kappa shape index (κ2) is 2.26. The third-order valence-electron chi connectivity index (χ3n) is 2.05. The molecule has 4 heteroatoms. The van der Waals surface area contributed by atoms with Crippen LogP contribution in [0.3, 0.4) is 0 Å².